The van der Waals surface area contributed by atoms with E-state index in [9.17, 15) is 24.9 Å². The van der Waals surface area contributed by atoms with Crippen LogP contribution in [0.3, 0.4) is 0 Å². The van der Waals surface area contributed by atoms with Gasteiger partial charge in [-0.1, -0.05) is 0 Å². The van der Waals surface area contributed by atoms with E-state index >= 15 is 0 Å². The molecule has 1 unspecified atom stereocenters. The molecule has 1 atom stereocenters. The van der Waals surface area contributed by atoms with E-state index in [2.05, 4.69) is 9.97 Å². The number of H-pyrrole nitrogens is 1. The first-order valence-corrected chi connectivity index (χ1v) is 11.0. The predicted molar refractivity (Wildman–Crippen MR) is 135 cm³/mol. The van der Waals surface area contributed by atoms with Gasteiger partial charge in [-0.2, -0.15) is 0 Å². The number of methoxy groups -OCH3 is 2. The molecule has 4 rings (SSSR count). The number of fused-ring (bicyclic) bond motifs is 1. The molecule has 0 bridgehead atoms. The Kier molecular flexibility index (Phi) is 6.70. The molecule has 0 aliphatic rings. The summed E-state index contributed by atoms with van der Waals surface area (Å²) in [5.41, 5.74) is 8.00. The van der Waals surface area contributed by atoms with Crippen molar-refractivity contribution >= 4 is 28.8 Å². The van der Waals surface area contributed by atoms with Crippen molar-refractivity contribution in [2.75, 3.05) is 14.2 Å². The highest BCUT2D eigenvalue weighted by molar-refractivity contribution is 5.98. The van der Waals surface area contributed by atoms with Crippen molar-refractivity contribution in [3.05, 3.63) is 59.7 Å². The van der Waals surface area contributed by atoms with Crippen molar-refractivity contribution in [1.29, 1.82) is 5.41 Å². The first-order valence-electron chi connectivity index (χ1n) is 11.0. The largest absolute Gasteiger partial charge is 0.507 e. The lowest BCUT2D eigenvalue weighted by Crippen LogP contribution is -2.16. The van der Waals surface area contributed by atoms with E-state index < -0.39 is 24.3 Å². The third-order valence-corrected chi connectivity index (χ3v) is 5.96. The summed E-state index contributed by atoms with van der Waals surface area (Å²) in [6.45, 7) is 0. The quantitative estimate of drug-likeness (QED) is 0.146. The molecule has 0 saturated carbocycles. The van der Waals surface area contributed by atoms with Crippen LogP contribution in [0.4, 0.5) is 0 Å². The summed E-state index contributed by atoms with van der Waals surface area (Å²) in [5.74, 6) is -3.35. The van der Waals surface area contributed by atoms with Gasteiger partial charge < -0.3 is 35.5 Å². The van der Waals surface area contributed by atoms with Gasteiger partial charge in [0, 0.05) is 16.7 Å². The van der Waals surface area contributed by atoms with Gasteiger partial charge in [-0.25, -0.2) is 4.98 Å². The number of nitrogens with one attached hydrogen (secondary N) is 2. The number of rotatable bonds is 9. The maximum atomic E-state index is 12.1. The molecule has 0 aliphatic heterocycles. The Hall–Kier alpha value is -5.06. The molecule has 37 heavy (non-hydrogen) atoms. The van der Waals surface area contributed by atoms with Crippen molar-refractivity contribution in [3.8, 4) is 39.8 Å². The number of carboxylic acids is 2. The number of hydrogen-bond acceptors (Lipinski definition) is 7. The van der Waals surface area contributed by atoms with Crippen LogP contribution in [0.25, 0.3) is 33.5 Å². The summed E-state index contributed by atoms with van der Waals surface area (Å²) in [6.07, 6.45) is -0.670. The molecule has 1 aromatic heterocycles. The Morgan fingerprint density at radius 2 is 1.76 bits per heavy atom. The number of aromatic hydroxyl groups is 1. The highest BCUT2D eigenvalue weighted by atomic mass is 16.5. The van der Waals surface area contributed by atoms with Crippen LogP contribution in [-0.2, 0) is 9.59 Å². The number of aromatic nitrogens is 2. The zero-order valence-corrected chi connectivity index (χ0v) is 19.9. The van der Waals surface area contributed by atoms with Gasteiger partial charge in [-0.15, -0.1) is 0 Å². The minimum absolute atomic E-state index is 0.131. The summed E-state index contributed by atoms with van der Waals surface area (Å²) in [6, 6.07) is 12.7. The van der Waals surface area contributed by atoms with E-state index in [1.807, 2.05) is 0 Å². The zero-order chi connectivity index (χ0) is 26.9. The Balaban J connectivity index is 2.01. The van der Waals surface area contributed by atoms with Gasteiger partial charge in [0.2, 0.25) is 0 Å². The SMILES string of the molecule is COc1ccc(OC)c(-c2cc(C(CC(=O)O)C(=O)O)cc(-c3nc4ccc(C(=N)N)cc4[nH]3)c2O)c1. The fourth-order valence-corrected chi connectivity index (χ4v) is 4.10. The van der Waals surface area contributed by atoms with Crippen LogP contribution in [0.2, 0.25) is 0 Å². The van der Waals surface area contributed by atoms with E-state index in [0.29, 0.717) is 33.7 Å². The number of nitrogen functional groups attached to an aromatic ring is 1. The number of nitrogens with zero attached hydrogens (tertiary/aromatic N) is 1. The van der Waals surface area contributed by atoms with Crippen LogP contribution >= 0.6 is 0 Å². The highest BCUT2D eigenvalue weighted by Gasteiger charge is 2.27. The van der Waals surface area contributed by atoms with E-state index in [1.54, 1.807) is 36.4 Å². The van der Waals surface area contributed by atoms with Crippen molar-refractivity contribution in [2.45, 2.75) is 12.3 Å². The Morgan fingerprint density at radius 3 is 2.38 bits per heavy atom. The number of nitrogens with two attached hydrogens (primary N) is 1. The van der Waals surface area contributed by atoms with Crippen LogP contribution in [0.15, 0.2) is 48.5 Å². The van der Waals surface area contributed by atoms with Crippen LogP contribution < -0.4 is 15.2 Å². The van der Waals surface area contributed by atoms with Crippen molar-refractivity contribution in [1.82, 2.24) is 9.97 Å². The van der Waals surface area contributed by atoms with Crippen LogP contribution in [0.5, 0.6) is 17.2 Å². The smallest absolute Gasteiger partial charge is 0.311 e. The maximum absolute atomic E-state index is 12.1. The van der Waals surface area contributed by atoms with Gasteiger partial charge >= 0.3 is 11.9 Å². The summed E-state index contributed by atoms with van der Waals surface area (Å²) < 4.78 is 10.8. The topological polar surface area (TPSA) is 192 Å². The lowest BCUT2D eigenvalue weighted by Gasteiger charge is -2.18. The summed E-state index contributed by atoms with van der Waals surface area (Å²) in [5, 5.41) is 38.2. The third kappa shape index (κ3) is 4.87. The molecular formula is C26H24N4O7. The molecule has 0 saturated heterocycles. The monoisotopic (exact) mass is 504 g/mol. The third-order valence-electron chi connectivity index (χ3n) is 5.96. The Bertz CT molecular complexity index is 1540. The van der Waals surface area contributed by atoms with Crippen LogP contribution in [0.1, 0.15) is 23.5 Å². The maximum Gasteiger partial charge on any atom is 0.311 e. The number of ether oxygens (including phenoxy) is 2. The molecular weight excluding hydrogens is 480 g/mol. The second-order valence-corrected chi connectivity index (χ2v) is 8.25. The van der Waals surface area contributed by atoms with E-state index in [1.165, 1.54) is 26.4 Å². The van der Waals surface area contributed by atoms with Gasteiger partial charge in [-0.05, 0) is 54.1 Å². The van der Waals surface area contributed by atoms with Gasteiger partial charge in [0.25, 0.3) is 0 Å². The van der Waals surface area contributed by atoms with Crippen molar-refractivity contribution in [2.24, 2.45) is 5.73 Å². The summed E-state index contributed by atoms with van der Waals surface area (Å²) in [7, 11) is 2.92. The molecule has 190 valence electrons. The van der Waals surface area contributed by atoms with Crippen LogP contribution in [-0.4, -0.2) is 57.3 Å². The average Bonchev–Trinajstić information content (AvgIpc) is 3.30. The number of phenolic OH excluding ortho intramolecular Hbond substituents is 1. The second-order valence-electron chi connectivity index (χ2n) is 8.25. The molecule has 0 amide bonds. The Labute approximate surface area is 210 Å². The number of carboxylic acid groups (broad SMARTS) is 2. The molecule has 11 nitrogen and oxygen atoms in total. The minimum Gasteiger partial charge on any atom is -0.507 e. The number of amidine groups is 1. The van der Waals surface area contributed by atoms with E-state index in [4.69, 9.17) is 20.6 Å². The van der Waals surface area contributed by atoms with Gasteiger partial charge in [-0.3, -0.25) is 15.0 Å². The first kappa shape index (κ1) is 25.0. The van der Waals surface area contributed by atoms with Crippen molar-refractivity contribution in [3.63, 3.8) is 0 Å². The fraction of sp³-hybridized carbons (Fsp3) is 0.154. The lowest BCUT2D eigenvalue weighted by atomic mass is 9.89. The standard InChI is InChI=1S/C26H24N4O7/c1-36-14-4-6-21(37-2)16(10-14)17-7-13(15(26(34)35)11-22(31)32)8-18(23(17)33)25-29-19-5-3-12(24(27)28)9-20(19)30-25/h3-10,15,33H,11H2,1-2H3,(H3,27,28)(H,29,30)(H,31,32)(H,34,35). The number of benzene rings is 3. The molecule has 11 heteroatoms. The molecule has 3 aromatic carbocycles. The molecule has 7 N–H and O–H groups in total. The number of imidazole rings is 1. The second kappa shape index (κ2) is 9.90. The molecule has 4 aromatic rings. The lowest BCUT2D eigenvalue weighted by molar-refractivity contribution is -0.145. The number of phenols is 1. The average molecular weight is 504 g/mol. The van der Waals surface area contributed by atoms with E-state index in [0.717, 1.165) is 0 Å². The summed E-state index contributed by atoms with van der Waals surface area (Å²) in [4.78, 5) is 31.1. The van der Waals surface area contributed by atoms with Crippen LogP contribution in [0, 0.1) is 5.41 Å². The van der Waals surface area contributed by atoms with Crippen molar-refractivity contribution < 1.29 is 34.4 Å². The minimum atomic E-state index is -1.40. The predicted octanol–water partition coefficient (Wildman–Crippen LogP) is 3.55. The van der Waals surface area contributed by atoms with E-state index in [-0.39, 0.29) is 34.1 Å². The fourth-order valence-electron chi connectivity index (χ4n) is 4.10. The number of aliphatic carboxylic acids is 2. The van der Waals surface area contributed by atoms with Gasteiger partial charge in [0.1, 0.15) is 28.9 Å². The molecule has 0 radical (unpaired) electrons. The molecule has 0 aliphatic carbocycles. The molecule has 0 spiro atoms. The van der Waals surface area contributed by atoms with Gasteiger partial charge in [0.15, 0.2) is 0 Å². The first-order chi connectivity index (χ1) is 17.6. The summed E-state index contributed by atoms with van der Waals surface area (Å²) >= 11 is 0. The number of hydrogen-bond donors (Lipinski definition) is 6. The number of carbonyl (C=O) groups is 2. The normalized spacial score (nSPS) is 11.7. The highest BCUT2D eigenvalue weighted by Crippen LogP contribution is 2.45. The molecule has 1 heterocycles. The molecule has 0 fully saturated rings. The van der Waals surface area contributed by atoms with Gasteiger partial charge in [0.05, 0.1) is 43.2 Å². The zero-order valence-electron chi connectivity index (χ0n) is 19.9. The Morgan fingerprint density at radius 1 is 1.03 bits per heavy atom. The number of aromatic amines is 1.